The third kappa shape index (κ3) is 7.13. The number of carboxylic acid groups (broad SMARTS) is 1. The Labute approximate surface area is 120 Å². The third-order valence-corrected chi connectivity index (χ3v) is 2.52. The minimum atomic E-state index is -1.10. The second-order valence-corrected chi connectivity index (χ2v) is 6.22. The van der Waals surface area contributed by atoms with E-state index in [9.17, 15) is 9.59 Å². The molecule has 1 atom stereocenters. The molecule has 0 radical (unpaired) electrons. The number of alkyl carbamates (subject to hydrolysis) is 1. The normalized spacial score (nSPS) is 13.4. The van der Waals surface area contributed by atoms with Crippen LogP contribution in [0.25, 0.3) is 0 Å². The first kappa shape index (κ1) is 18.4. The summed E-state index contributed by atoms with van der Waals surface area (Å²) in [6, 6.07) is -1.02. The van der Waals surface area contributed by atoms with Crippen LogP contribution < -0.4 is 5.32 Å². The van der Waals surface area contributed by atoms with E-state index in [1.165, 1.54) is 0 Å². The Hall–Kier alpha value is -1.56. The van der Waals surface area contributed by atoms with Crippen LogP contribution in [-0.2, 0) is 14.3 Å². The van der Waals surface area contributed by atoms with Crippen molar-refractivity contribution in [1.29, 1.82) is 0 Å². The van der Waals surface area contributed by atoms with Crippen LogP contribution in [0.4, 0.5) is 4.79 Å². The molecule has 0 aliphatic carbocycles. The number of amides is 1. The molecule has 0 heterocycles. The number of hydrogen-bond acceptors (Lipinski definition) is 4. The third-order valence-electron chi connectivity index (χ3n) is 2.52. The topological polar surface area (TPSA) is 84.9 Å². The summed E-state index contributed by atoms with van der Waals surface area (Å²) in [5.74, 6) is -1.10. The first-order chi connectivity index (χ1) is 8.99. The average Bonchev–Trinajstić information content (AvgIpc) is 2.29. The van der Waals surface area contributed by atoms with Gasteiger partial charge in [-0.2, -0.15) is 0 Å². The lowest BCUT2D eigenvalue weighted by molar-refractivity contribution is -0.142. The Morgan fingerprint density at radius 1 is 1.30 bits per heavy atom. The average molecular weight is 287 g/mol. The van der Waals surface area contributed by atoms with Gasteiger partial charge in [0.15, 0.2) is 0 Å². The number of carbonyl (C=O) groups excluding carboxylic acids is 1. The minimum absolute atomic E-state index is 0.0170. The molecule has 0 aromatic carbocycles. The highest BCUT2D eigenvalue weighted by Gasteiger charge is 2.33. The van der Waals surface area contributed by atoms with Crippen molar-refractivity contribution in [2.75, 3.05) is 13.2 Å². The van der Waals surface area contributed by atoms with Gasteiger partial charge in [0, 0.05) is 0 Å². The van der Waals surface area contributed by atoms with Gasteiger partial charge in [0.25, 0.3) is 0 Å². The van der Waals surface area contributed by atoms with Gasteiger partial charge in [-0.1, -0.05) is 26.8 Å². The van der Waals surface area contributed by atoms with Crippen LogP contribution >= 0.6 is 0 Å². The van der Waals surface area contributed by atoms with Gasteiger partial charge in [0.05, 0.1) is 12.2 Å². The molecule has 6 heteroatoms. The summed E-state index contributed by atoms with van der Waals surface area (Å²) in [4.78, 5) is 22.8. The van der Waals surface area contributed by atoms with E-state index in [0.717, 1.165) is 0 Å². The number of ether oxygens (including phenoxy) is 2. The highest BCUT2D eigenvalue weighted by atomic mass is 16.6. The Balaban J connectivity index is 4.41. The van der Waals surface area contributed by atoms with Gasteiger partial charge in [-0.25, -0.2) is 9.59 Å². The molecule has 1 amide bonds. The van der Waals surface area contributed by atoms with Gasteiger partial charge in [-0.05, 0) is 19.3 Å². The zero-order valence-electron chi connectivity index (χ0n) is 12.9. The maximum Gasteiger partial charge on any atom is 0.407 e. The van der Waals surface area contributed by atoms with Crippen molar-refractivity contribution in [2.45, 2.75) is 46.3 Å². The molecule has 0 fully saturated rings. The number of carbonyl (C=O) groups is 2. The Bertz CT molecular complexity index is 357. The number of nitrogens with one attached hydrogen (secondary N) is 1. The number of rotatable bonds is 7. The first-order valence-electron chi connectivity index (χ1n) is 6.40. The quantitative estimate of drug-likeness (QED) is 0.701. The Morgan fingerprint density at radius 2 is 1.85 bits per heavy atom. The van der Waals surface area contributed by atoms with E-state index in [0.29, 0.717) is 6.61 Å². The largest absolute Gasteiger partial charge is 0.480 e. The highest BCUT2D eigenvalue weighted by molar-refractivity contribution is 5.80. The van der Waals surface area contributed by atoms with Crippen molar-refractivity contribution in [3.05, 3.63) is 12.7 Å². The second-order valence-electron chi connectivity index (χ2n) is 6.22. The van der Waals surface area contributed by atoms with Crippen LogP contribution in [-0.4, -0.2) is 42.0 Å². The molecule has 2 N–H and O–H groups in total. The number of hydrogen-bond donors (Lipinski definition) is 2. The van der Waals surface area contributed by atoms with Gasteiger partial charge < -0.3 is 19.9 Å². The van der Waals surface area contributed by atoms with E-state index in [-0.39, 0.29) is 6.61 Å². The molecular formula is C14H25NO5. The summed E-state index contributed by atoms with van der Waals surface area (Å²) in [6.07, 6.45) is 0.824. The van der Waals surface area contributed by atoms with Gasteiger partial charge in [0.1, 0.15) is 12.6 Å². The fraction of sp³-hybridized carbons (Fsp3) is 0.714. The molecule has 0 spiro atoms. The molecule has 0 aliphatic heterocycles. The molecule has 6 nitrogen and oxygen atoms in total. The maximum absolute atomic E-state index is 11.7. The first-order valence-corrected chi connectivity index (χ1v) is 6.40. The lowest BCUT2D eigenvalue weighted by Crippen LogP contribution is -2.50. The van der Waals surface area contributed by atoms with Crippen molar-refractivity contribution in [2.24, 2.45) is 5.41 Å². The predicted molar refractivity (Wildman–Crippen MR) is 75.6 cm³/mol. The van der Waals surface area contributed by atoms with Crippen molar-refractivity contribution < 1.29 is 24.2 Å². The van der Waals surface area contributed by atoms with E-state index in [4.69, 9.17) is 14.6 Å². The standard InChI is InChI=1S/C14H25NO5/c1-7-8-20-14(5,6)9-19-12(18)15-10(11(16)17)13(2,3)4/h7,10H,1,8-9H2,2-6H3,(H,15,18)(H,16,17). The van der Waals surface area contributed by atoms with E-state index in [1.54, 1.807) is 40.7 Å². The lowest BCUT2D eigenvalue weighted by atomic mass is 9.87. The Kier molecular flexibility index (Phi) is 6.72. The van der Waals surface area contributed by atoms with E-state index >= 15 is 0 Å². The van der Waals surface area contributed by atoms with Crippen molar-refractivity contribution >= 4 is 12.1 Å². The molecule has 0 rings (SSSR count). The van der Waals surface area contributed by atoms with Crippen molar-refractivity contribution in [3.8, 4) is 0 Å². The van der Waals surface area contributed by atoms with Crippen LogP contribution in [0.3, 0.4) is 0 Å². The molecule has 0 saturated heterocycles. The summed E-state index contributed by atoms with van der Waals surface area (Å²) < 4.78 is 10.4. The van der Waals surface area contributed by atoms with Gasteiger partial charge in [0.2, 0.25) is 0 Å². The molecule has 0 saturated carbocycles. The monoisotopic (exact) mass is 287 g/mol. The fourth-order valence-electron chi connectivity index (χ4n) is 1.37. The summed E-state index contributed by atoms with van der Waals surface area (Å²) in [7, 11) is 0. The number of aliphatic carboxylic acids is 1. The molecule has 116 valence electrons. The fourth-order valence-corrected chi connectivity index (χ4v) is 1.37. The molecular weight excluding hydrogens is 262 g/mol. The van der Waals surface area contributed by atoms with E-state index in [1.807, 2.05) is 0 Å². The van der Waals surface area contributed by atoms with E-state index in [2.05, 4.69) is 11.9 Å². The molecule has 0 aromatic rings. The van der Waals surface area contributed by atoms with Crippen LogP contribution in [0.5, 0.6) is 0 Å². The van der Waals surface area contributed by atoms with Crippen molar-refractivity contribution in [1.82, 2.24) is 5.32 Å². The SMILES string of the molecule is C=CCOC(C)(C)COC(=O)NC(C(=O)O)C(C)(C)C. The smallest absolute Gasteiger partial charge is 0.407 e. The summed E-state index contributed by atoms with van der Waals surface area (Å²) in [5, 5.41) is 11.4. The molecule has 20 heavy (non-hydrogen) atoms. The maximum atomic E-state index is 11.7. The zero-order valence-corrected chi connectivity index (χ0v) is 12.9. The second kappa shape index (κ2) is 7.28. The van der Waals surface area contributed by atoms with Crippen molar-refractivity contribution in [3.63, 3.8) is 0 Å². The lowest BCUT2D eigenvalue weighted by Gasteiger charge is -2.28. The summed E-state index contributed by atoms with van der Waals surface area (Å²) in [6.45, 7) is 12.6. The zero-order chi connectivity index (χ0) is 16.0. The molecule has 0 aliphatic rings. The highest BCUT2D eigenvalue weighted by Crippen LogP contribution is 2.19. The van der Waals surface area contributed by atoms with Gasteiger partial charge in [-0.15, -0.1) is 6.58 Å². The molecule has 0 aromatic heterocycles. The van der Waals surface area contributed by atoms with Crippen LogP contribution in [0.15, 0.2) is 12.7 Å². The van der Waals surface area contributed by atoms with Gasteiger partial charge >= 0.3 is 12.1 Å². The predicted octanol–water partition coefficient (Wildman–Crippen LogP) is 2.19. The minimum Gasteiger partial charge on any atom is -0.480 e. The van der Waals surface area contributed by atoms with Crippen LogP contribution in [0, 0.1) is 5.41 Å². The van der Waals surface area contributed by atoms with E-state index < -0.39 is 29.1 Å². The summed E-state index contributed by atoms with van der Waals surface area (Å²) >= 11 is 0. The molecule has 1 unspecified atom stereocenters. The number of carboxylic acids is 1. The van der Waals surface area contributed by atoms with Crippen LogP contribution in [0.2, 0.25) is 0 Å². The van der Waals surface area contributed by atoms with Crippen LogP contribution in [0.1, 0.15) is 34.6 Å². The van der Waals surface area contributed by atoms with Gasteiger partial charge in [-0.3, -0.25) is 0 Å². The Morgan fingerprint density at radius 3 is 2.25 bits per heavy atom. The summed E-state index contributed by atoms with van der Waals surface area (Å²) in [5.41, 5.74) is -1.27. The molecule has 0 bridgehead atoms.